The Morgan fingerprint density at radius 2 is 2.07 bits per heavy atom. The molecule has 4 heteroatoms. The molecule has 0 saturated carbocycles. The van der Waals surface area contributed by atoms with E-state index in [9.17, 15) is 18.0 Å². The van der Waals surface area contributed by atoms with Crippen LogP contribution in [0.3, 0.4) is 0 Å². The highest BCUT2D eigenvalue weighted by Crippen LogP contribution is 2.29. The molecule has 1 aromatic carbocycles. The van der Waals surface area contributed by atoms with Gasteiger partial charge in [-0.3, -0.25) is 0 Å². The Morgan fingerprint density at radius 3 is 2.60 bits per heavy atom. The molecule has 0 spiro atoms. The second-order valence-corrected chi connectivity index (χ2v) is 3.52. The first kappa shape index (κ1) is 11.8. The fourth-order valence-electron chi connectivity index (χ4n) is 1.29. The van der Waals surface area contributed by atoms with Gasteiger partial charge < -0.3 is 4.79 Å². The average molecular weight is 216 g/mol. The van der Waals surface area contributed by atoms with Crippen LogP contribution in [-0.4, -0.2) is 6.29 Å². The molecule has 0 heterocycles. The summed E-state index contributed by atoms with van der Waals surface area (Å²) < 4.78 is 37.0. The second-order valence-electron chi connectivity index (χ2n) is 3.52. The van der Waals surface area contributed by atoms with Crippen molar-refractivity contribution >= 4 is 6.29 Å². The normalized spacial score (nSPS) is 13.6. The van der Waals surface area contributed by atoms with E-state index in [2.05, 4.69) is 0 Å². The molecule has 0 aliphatic rings. The first-order valence-corrected chi connectivity index (χ1v) is 4.55. The van der Waals surface area contributed by atoms with Gasteiger partial charge in [-0.05, 0) is 18.1 Å². The zero-order valence-electron chi connectivity index (χ0n) is 8.21. The van der Waals surface area contributed by atoms with Crippen LogP contribution in [0, 0.1) is 5.92 Å². The molecule has 0 aromatic heterocycles. The van der Waals surface area contributed by atoms with Crippen molar-refractivity contribution in [3.63, 3.8) is 0 Å². The number of benzene rings is 1. The van der Waals surface area contributed by atoms with E-state index in [0.29, 0.717) is 12.0 Å². The van der Waals surface area contributed by atoms with Crippen LogP contribution >= 0.6 is 0 Å². The minimum Gasteiger partial charge on any atom is -0.303 e. The predicted molar refractivity (Wildman–Crippen MR) is 50.4 cm³/mol. The maximum absolute atomic E-state index is 12.3. The molecular weight excluding hydrogens is 205 g/mol. The third kappa shape index (κ3) is 3.38. The Morgan fingerprint density at radius 1 is 1.40 bits per heavy atom. The Balaban J connectivity index is 2.88. The average Bonchev–Trinajstić information content (AvgIpc) is 2.17. The summed E-state index contributed by atoms with van der Waals surface area (Å²) in [4.78, 5) is 10.4. The van der Waals surface area contributed by atoms with Gasteiger partial charge in [0.15, 0.2) is 0 Å². The maximum atomic E-state index is 12.3. The van der Waals surface area contributed by atoms with Crippen LogP contribution in [-0.2, 0) is 17.4 Å². The van der Waals surface area contributed by atoms with E-state index in [1.807, 2.05) is 0 Å². The lowest BCUT2D eigenvalue weighted by molar-refractivity contribution is -0.137. The molecule has 0 radical (unpaired) electrons. The number of hydrogen-bond donors (Lipinski definition) is 0. The lowest BCUT2D eigenvalue weighted by Gasteiger charge is -2.09. The van der Waals surface area contributed by atoms with Gasteiger partial charge in [0.25, 0.3) is 0 Å². The van der Waals surface area contributed by atoms with Gasteiger partial charge in [-0.1, -0.05) is 25.1 Å². The topological polar surface area (TPSA) is 17.1 Å². The van der Waals surface area contributed by atoms with Gasteiger partial charge in [0.05, 0.1) is 5.56 Å². The molecule has 1 atom stereocenters. The number of alkyl halides is 3. The molecule has 1 aromatic rings. The summed E-state index contributed by atoms with van der Waals surface area (Å²) in [6.07, 6.45) is -3.24. The van der Waals surface area contributed by atoms with Crippen molar-refractivity contribution in [2.45, 2.75) is 19.5 Å². The lowest BCUT2D eigenvalue weighted by atomic mass is 10.0. The van der Waals surface area contributed by atoms with E-state index < -0.39 is 11.7 Å². The van der Waals surface area contributed by atoms with Crippen LogP contribution in [0.1, 0.15) is 18.1 Å². The number of aldehydes is 1. The summed E-state index contributed by atoms with van der Waals surface area (Å²) in [6.45, 7) is 1.67. The van der Waals surface area contributed by atoms with E-state index in [0.717, 1.165) is 18.4 Å². The first-order chi connectivity index (χ1) is 6.93. The molecule has 82 valence electrons. The van der Waals surface area contributed by atoms with E-state index in [4.69, 9.17) is 0 Å². The van der Waals surface area contributed by atoms with E-state index in [-0.39, 0.29) is 5.92 Å². The van der Waals surface area contributed by atoms with Crippen molar-refractivity contribution in [1.82, 2.24) is 0 Å². The van der Waals surface area contributed by atoms with Crippen molar-refractivity contribution in [2.24, 2.45) is 5.92 Å². The molecule has 0 unspecified atom stereocenters. The van der Waals surface area contributed by atoms with Crippen LogP contribution in [0.15, 0.2) is 24.3 Å². The number of hydrogen-bond acceptors (Lipinski definition) is 1. The molecule has 1 rings (SSSR count). The Bertz CT molecular complexity index is 344. The summed E-state index contributed by atoms with van der Waals surface area (Å²) in [5, 5.41) is 0. The van der Waals surface area contributed by atoms with Crippen molar-refractivity contribution in [2.75, 3.05) is 0 Å². The smallest absolute Gasteiger partial charge is 0.303 e. The Labute approximate surface area is 85.9 Å². The van der Waals surface area contributed by atoms with E-state index >= 15 is 0 Å². The van der Waals surface area contributed by atoms with Gasteiger partial charge >= 0.3 is 6.18 Å². The SMILES string of the molecule is C[C@H](C=O)Cc1cccc(C(F)(F)F)c1. The maximum Gasteiger partial charge on any atom is 0.416 e. The van der Waals surface area contributed by atoms with Gasteiger partial charge in [0.2, 0.25) is 0 Å². The molecule has 0 amide bonds. The Hall–Kier alpha value is -1.32. The van der Waals surface area contributed by atoms with Crippen LogP contribution in [0.25, 0.3) is 0 Å². The standard InChI is InChI=1S/C11H11F3O/c1-8(7-15)5-9-3-2-4-10(6-9)11(12,13)14/h2-4,6-8H,5H2,1H3/t8-/m0/s1. The lowest BCUT2D eigenvalue weighted by Crippen LogP contribution is -2.07. The molecule has 0 N–H and O–H groups in total. The quantitative estimate of drug-likeness (QED) is 0.709. The summed E-state index contributed by atoms with van der Waals surface area (Å²) in [6, 6.07) is 5.06. The highest BCUT2D eigenvalue weighted by molar-refractivity contribution is 5.53. The minimum atomic E-state index is -4.32. The first-order valence-electron chi connectivity index (χ1n) is 4.55. The molecular formula is C11H11F3O. The number of rotatable bonds is 3. The van der Waals surface area contributed by atoms with Gasteiger partial charge in [-0.2, -0.15) is 13.2 Å². The minimum absolute atomic E-state index is 0.256. The summed E-state index contributed by atoms with van der Waals surface area (Å²) in [5.41, 5.74) is -0.137. The van der Waals surface area contributed by atoms with Crippen molar-refractivity contribution in [3.05, 3.63) is 35.4 Å². The molecule has 0 bridgehead atoms. The molecule has 0 aliphatic carbocycles. The monoisotopic (exact) mass is 216 g/mol. The highest BCUT2D eigenvalue weighted by Gasteiger charge is 2.30. The van der Waals surface area contributed by atoms with Gasteiger partial charge in [0.1, 0.15) is 6.29 Å². The van der Waals surface area contributed by atoms with E-state index in [1.54, 1.807) is 13.0 Å². The summed E-state index contributed by atoms with van der Waals surface area (Å²) in [7, 11) is 0. The molecule has 15 heavy (non-hydrogen) atoms. The van der Waals surface area contributed by atoms with Gasteiger partial charge in [0, 0.05) is 5.92 Å². The van der Waals surface area contributed by atoms with Crippen LogP contribution in [0.2, 0.25) is 0 Å². The Kier molecular flexibility index (Phi) is 3.50. The van der Waals surface area contributed by atoms with Crippen molar-refractivity contribution in [1.29, 1.82) is 0 Å². The highest BCUT2D eigenvalue weighted by atomic mass is 19.4. The van der Waals surface area contributed by atoms with Crippen molar-refractivity contribution < 1.29 is 18.0 Å². The second kappa shape index (κ2) is 4.47. The summed E-state index contributed by atoms with van der Waals surface area (Å²) >= 11 is 0. The van der Waals surface area contributed by atoms with E-state index in [1.165, 1.54) is 6.07 Å². The van der Waals surface area contributed by atoms with Crippen LogP contribution in [0.4, 0.5) is 13.2 Å². The van der Waals surface area contributed by atoms with Crippen LogP contribution in [0.5, 0.6) is 0 Å². The van der Waals surface area contributed by atoms with Gasteiger partial charge in [-0.15, -0.1) is 0 Å². The molecule has 0 fully saturated rings. The summed E-state index contributed by atoms with van der Waals surface area (Å²) in [5.74, 6) is -0.256. The van der Waals surface area contributed by atoms with Crippen molar-refractivity contribution in [3.8, 4) is 0 Å². The molecule has 1 nitrogen and oxygen atoms in total. The third-order valence-corrected chi connectivity index (χ3v) is 2.04. The third-order valence-electron chi connectivity index (χ3n) is 2.04. The number of carbonyl (C=O) groups is 1. The fourth-order valence-corrected chi connectivity index (χ4v) is 1.29. The molecule has 0 saturated heterocycles. The van der Waals surface area contributed by atoms with Gasteiger partial charge in [-0.25, -0.2) is 0 Å². The predicted octanol–water partition coefficient (Wildman–Crippen LogP) is 3.08. The fraction of sp³-hybridized carbons (Fsp3) is 0.364. The number of halogens is 3. The molecule has 0 aliphatic heterocycles. The zero-order chi connectivity index (χ0) is 11.5. The largest absolute Gasteiger partial charge is 0.416 e. The zero-order valence-corrected chi connectivity index (χ0v) is 8.21. The number of carbonyl (C=O) groups excluding carboxylic acids is 1. The van der Waals surface area contributed by atoms with Crippen LogP contribution < -0.4 is 0 Å².